The molecule has 0 spiro atoms. The second kappa shape index (κ2) is 16.1. The molecule has 1 heterocycles. The van der Waals surface area contributed by atoms with Crippen LogP contribution < -0.4 is 0 Å². The Kier molecular flexibility index (Phi) is 15.0. The molecule has 0 N–H and O–H groups in total. The smallest absolute Gasteiger partial charge is 0.267 e. The number of unbranched alkanes of at least 4 members (excludes halogenated alkanes) is 15. The summed E-state index contributed by atoms with van der Waals surface area (Å²) in [5, 5.41) is 0. The van der Waals surface area contributed by atoms with E-state index >= 15 is 0 Å². The molecular weight excluding hydrogens is 334 g/mol. The highest BCUT2D eigenvalue weighted by Crippen LogP contribution is 2.26. The van der Waals surface area contributed by atoms with Crippen molar-refractivity contribution in [3.8, 4) is 0 Å². The van der Waals surface area contributed by atoms with Gasteiger partial charge in [0.1, 0.15) is 0 Å². The van der Waals surface area contributed by atoms with Gasteiger partial charge in [0.15, 0.2) is 0 Å². The van der Waals surface area contributed by atoms with E-state index in [1.165, 1.54) is 128 Å². The lowest BCUT2D eigenvalue weighted by molar-refractivity contribution is 0.311. The van der Waals surface area contributed by atoms with Gasteiger partial charge in [-0.15, -0.1) is 0 Å². The van der Waals surface area contributed by atoms with Gasteiger partial charge in [0, 0.05) is 7.11 Å². The Hall–Kier alpha value is 0.137. The van der Waals surface area contributed by atoms with E-state index < -0.39 is 8.48 Å². The molecule has 0 aliphatic carbocycles. The Morgan fingerprint density at radius 1 is 0.692 bits per heavy atom. The highest BCUT2D eigenvalue weighted by Gasteiger charge is 2.39. The molecule has 1 atom stereocenters. The summed E-state index contributed by atoms with van der Waals surface area (Å²) < 4.78 is 8.55. The second-order valence-electron chi connectivity index (χ2n) is 8.77. The molecule has 0 aromatic heterocycles. The number of hydrogen-bond acceptors (Lipinski definition) is 2. The van der Waals surface area contributed by atoms with E-state index in [1.807, 2.05) is 7.11 Å². The molecule has 3 heteroatoms. The van der Waals surface area contributed by atoms with Crippen LogP contribution >= 0.6 is 0 Å². The van der Waals surface area contributed by atoms with Crippen molar-refractivity contribution >= 4 is 8.48 Å². The van der Waals surface area contributed by atoms with Gasteiger partial charge in [-0.1, -0.05) is 103 Å². The molecule has 1 rings (SSSR count). The van der Waals surface area contributed by atoms with Crippen molar-refractivity contribution in [1.29, 1.82) is 0 Å². The van der Waals surface area contributed by atoms with Gasteiger partial charge < -0.3 is 8.99 Å². The highest BCUT2D eigenvalue weighted by molar-refractivity contribution is 6.70. The van der Waals surface area contributed by atoms with Crippen LogP contribution in [-0.4, -0.2) is 33.2 Å². The molecule has 0 aromatic carbocycles. The van der Waals surface area contributed by atoms with Crippen molar-refractivity contribution in [2.45, 2.75) is 129 Å². The Labute approximate surface area is 166 Å². The van der Waals surface area contributed by atoms with E-state index in [0.717, 1.165) is 0 Å². The summed E-state index contributed by atoms with van der Waals surface area (Å²) in [6.07, 6.45) is 24.6. The summed E-state index contributed by atoms with van der Waals surface area (Å²) >= 11 is 0. The highest BCUT2D eigenvalue weighted by atomic mass is 28.4. The molecule has 0 bridgehead atoms. The van der Waals surface area contributed by atoms with Crippen molar-refractivity contribution in [1.82, 2.24) is 4.57 Å². The van der Waals surface area contributed by atoms with Gasteiger partial charge in [-0.3, -0.25) is 0 Å². The maximum atomic E-state index is 5.86. The summed E-state index contributed by atoms with van der Waals surface area (Å²) in [6, 6.07) is 1.34. The van der Waals surface area contributed by atoms with Gasteiger partial charge in [-0.2, -0.15) is 0 Å². The Balaban J connectivity index is 1.76. The minimum Gasteiger partial charge on any atom is -0.406 e. The van der Waals surface area contributed by atoms with Crippen LogP contribution in [0.15, 0.2) is 0 Å². The summed E-state index contributed by atoms with van der Waals surface area (Å²) in [4.78, 5) is 0. The van der Waals surface area contributed by atoms with Gasteiger partial charge in [-0.05, 0) is 38.5 Å². The first-order valence-corrected chi connectivity index (χ1v) is 14.6. The fourth-order valence-corrected chi connectivity index (χ4v) is 7.28. The Morgan fingerprint density at radius 2 is 1.12 bits per heavy atom. The second-order valence-corrected chi connectivity index (χ2v) is 12.7. The number of rotatable bonds is 18. The van der Waals surface area contributed by atoms with Gasteiger partial charge in [0.25, 0.3) is 8.48 Å². The van der Waals surface area contributed by atoms with E-state index in [-0.39, 0.29) is 0 Å². The quantitative estimate of drug-likeness (QED) is 0.178. The van der Waals surface area contributed by atoms with E-state index in [0.29, 0.717) is 0 Å². The van der Waals surface area contributed by atoms with Crippen molar-refractivity contribution in [2.24, 2.45) is 0 Å². The first kappa shape index (κ1) is 24.2. The van der Waals surface area contributed by atoms with Crippen LogP contribution in [0.5, 0.6) is 0 Å². The molecule has 156 valence electrons. The number of hydrogen-bond donors (Lipinski definition) is 0. The minimum atomic E-state index is -1.47. The molecule has 26 heavy (non-hydrogen) atoms. The van der Waals surface area contributed by atoms with Crippen molar-refractivity contribution < 1.29 is 4.43 Å². The van der Waals surface area contributed by atoms with E-state index in [1.54, 1.807) is 0 Å². The predicted octanol–water partition coefficient (Wildman–Crippen LogP) is 7.67. The van der Waals surface area contributed by atoms with Gasteiger partial charge >= 0.3 is 0 Å². The lowest BCUT2D eigenvalue weighted by Gasteiger charge is -2.31. The fourth-order valence-electron chi connectivity index (χ4n) is 4.42. The van der Waals surface area contributed by atoms with Gasteiger partial charge in [-0.25, -0.2) is 0 Å². The summed E-state index contributed by atoms with van der Waals surface area (Å²) in [5.41, 5.74) is 0. The summed E-state index contributed by atoms with van der Waals surface area (Å²) in [6.45, 7) is 7.27. The maximum absolute atomic E-state index is 5.86. The molecule has 0 aromatic rings. The largest absolute Gasteiger partial charge is 0.406 e. The Bertz CT molecular complexity index is 313. The SMILES string of the molecule is CCCCCCCCCCCCCCCCCCN1CCC[Si]1(C)OC. The van der Waals surface area contributed by atoms with Crippen LogP contribution in [0.3, 0.4) is 0 Å². The third kappa shape index (κ3) is 11.1. The standard InChI is InChI=1S/C23H49NOSi/c1-4-5-6-7-8-9-10-11-12-13-14-15-16-17-18-19-21-24-22-20-23-26(24,3)25-2/h4-23H2,1-3H3. The van der Waals surface area contributed by atoms with Crippen molar-refractivity contribution in [3.63, 3.8) is 0 Å². The predicted molar refractivity (Wildman–Crippen MR) is 119 cm³/mol. The average Bonchev–Trinajstić information content (AvgIpc) is 3.02. The zero-order chi connectivity index (χ0) is 18.9. The lowest BCUT2D eigenvalue weighted by atomic mass is 10.0. The molecule has 0 saturated carbocycles. The Morgan fingerprint density at radius 3 is 1.54 bits per heavy atom. The molecule has 2 nitrogen and oxygen atoms in total. The van der Waals surface area contributed by atoms with Gasteiger partial charge in [0.05, 0.1) is 0 Å². The minimum absolute atomic E-state index is 1.29. The van der Waals surface area contributed by atoms with E-state index in [9.17, 15) is 0 Å². The fraction of sp³-hybridized carbons (Fsp3) is 1.00. The molecular formula is C23H49NOSi. The molecule has 1 saturated heterocycles. The molecule has 1 aliphatic rings. The molecule has 0 amide bonds. The third-order valence-electron chi connectivity index (χ3n) is 6.46. The van der Waals surface area contributed by atoms with Crippen LogP contribution in [0.4, 0.5) is 0 Å². The van der Waals surface area contributed by atoms with E-state index in [2.05, 4.69) is 18.0 Å². The normalized spacial score (nSPS) is 20.9. The third-order valence-corrected chi connectivity index (χ3v) is 10.4. The van der Waals surface area contributed by atoms with Crippen LogP contribution in [0.25, 0.3) is 0 Å². The molecule has 1 fully saturated rings. The molecule has 1 aliphatic heterocycles. The molecule has 1 unspecified atom stereocenters. The van der Waals surface area contributed by atoms with Crippen molar-refractivity contribution in [3.05, 3.63) is 0 Å². The zero-order valence-electron chi connectivity index (χ0n) is 18.5. The molecule has 0 radical (unpaired) electrons. The first-order chi connectivity index (χ1) is 12.7. The van der Waals surface area contributed by atoms with Crippen LogP contribution in [0.2, 0.25) is 12.6 Å². The van der Waals surface area contributed by atoms with Crippen LogP contribution in [0, 0.1) is 0 Å². The van der Waals surface area contributed by atoms with Crippen molar-refractivity contribution in [2.75, 3.05) is 20.2 Å². The number of nitrogens with zero attached hydrogens (tertiary/aromatic N) is 1. The first-order valence-electron chi connectivity index (χ1n) is 12.0. The van der Waals surface area contributed by atoms with Crippen LogP contribution in [-0.2, 0) is 4.43 Å². The lowest BCUT2D eigenvalue weighted by Crippen LogP contribution is -2.48. The maximum Gasteiger partial charge on any atom is 0.267 e. The summed E-state index contributed by atoms with van der Waals surface area (Å²) in [5.74, 6) is 0. The summed E-state index contributed by atoms with van der Waals surface area (Å²) in [7, 11) is 0.463. The topological polar surface area (TPSA) is 12.5 Å². The monoisotopic (exact) mass is 383 g/mol. The van der Waals surface area contributed by atoms with Crippen LogP contribution in [0.1, 0.15) is 116 Å². The zero-order valence-corrected chi connectivity index (χ0v) is 19.5. The van der Waals surface area contributed by atoms with Gasteiger partial charge in [0.2, 0.25) is 0 Å². The average molecular weight is 384 g/mol. The van der Waals surface area contributed by atoms with E-state index in [4.69, 9.17) is 4.43 Å².